The second-order valence-electron chi connectivity index (χ2n) is 6.62. The standard InChI is InChI=1S/C21H25FN2O3/c1-3-26-19-11-16-10-14(2)27-20(16)12-17(19)13-24-21(25)23-9-8-15-4-6-18(22)7-5-15/h4-7,11-12,14H,3,8-10,13H2,1-2H3,(H2,23,24,25). The summed E-state index contributed by atoms with van der Waals surface area (Å²) in [4.78, 5) is 12.1. The van der Waals surface area contributed by atoms with Crippen molar-refractivity contribution in [2.45, 2.75) is 39.3 Å². The Morgan fingerprint density at radius 1 is 1.26 bits per heavy atom. The summed E-state index contributed by atoms with van der Waals surface area (Å²) in [5.74, 6) is 1.38. The fraction of sp³-hybridized carbons (Fsp3) is 0.381. The number of halogens is 1. The summed E-state index contributed by atoms with van der Waals surface area (Å²) in [6.45, 7) is 5.36. The van der Waals surface area contributed by atoms with Crippen LogP contribution in [0.2, 0.25) is 0 Å². The van der Waals surface area contributed by atoms with Gasteiger partial charge in [0.2, 0.25) is 0 Å². The van der Waals surface area contributed by atoms with Crippen LogP contribution in [0.3, 0.4) is 0 Å². The number of rotatable bonds is 7. The Hall–Kier alpha value is -2.76. The minimum atomic E-state index is -0.262. The molecule has 1 atom stereocenters. The number of amides is 2. The normalized spacial score (nSPS) is 15.0. The Bertz CT molecular complexity index is 793. The van der Waals surface area contributed by atoms with Crippen LogP contribution >= 0.6 is 0 Å². The van der Waals surface area contributed by atoms with E-state index in [9.17, 15) is 9.18 Å². The van der Waals surface area contributed by atoms with Crippen molar-refractivity contribution >= 4 is 6.03 Å². The predicted molar refractivity (Wildman–Crippen MR) is 102 cm³/mol. The molecule has 144 valence electrons. The number of fused-ring (bicyclic) bond motifs is 1. The van der Waals surface area contributed by atoms with E-state index in [-0.39, 0.29) is 18.0 Å². The third-order valence-corrected chi connectivity index (χ3v) is 4.43. The molecule has 2 aromatic carbocycles. The van der Waals surface area contributed by atoms with Gasteiger partial charge in [-0.1, -0.05) is 12.1 Å². The van der Waals surface area contributed by atoms with Crippen molar-refractivity contribution in [3.63, 3.8) is 0 Å². The average molecular weight is 372 g/mol. The van der Waals surface area contributed by atoms with Crippen LogP contribution in [0.5, 0.6) is 11.5 Å². The highest BCUT2D eigenvalue weighted by Crippen LogP contribution is 2.35. The molecule has 0 aliphatic carbocycles. The smallest absolute Gasteiger partial charge is 0.315 e. The van der Waals surface area contributed by atoms with E-state index >= 15 is 0 Å². The summed E-state index contributed by atoms with van der Waals surface area (Å²) in [7, 11) is 0. The summed E-state index contributed by atoms with van der Waals surface area (Å²) < 4.78 is 24.4. The maximum absolute atomic E-state index is 12.9. The van der Waals surface area contributed by atoms with Crippen LogP contribution in [0.15, 0.2) is 36.4 Å². The molecule has 0 aromatic heterocycles. The molecular formula is C21H25FN2O3. The molecule has 0 saturated carbocycles. The van der Waals surface area contributed by atoms with Crippen molar-refractivity contribution in [2.75, 3.05) is 13.2 Å². The highest BCUT2D eigenvalue weighted by molar-refractivity contribution is 5.74. The molecule has 0 radical (unpaired) electrons. The van der Waals surface area contributed by atoms with Crippen LogP contribution in [-0.2, 0) is 19.4 Å². The van der Waals surface area contributed by atoms with E-state index < -0.39 is 0 Å². The molecule has 0 bridgehead atoms. The minimum absolute atomic E-state index is 0.160. The first kappa shape index (κ1) is 19.0. The molecule has 2 aromatic rings. The monoisotopic (exact) mass is 372 g/mol. The average Bonchev–Trinajstić information content (AvgIpc) is 3.00. The van der Waals surface area contributed by atoms with Crippen molar-refractivity contribution in [3.05, 3.63) is 58.9 Å². The molecule has 3 rings (SSSR count). The number of urea groups is 1. The van der Waals surface area contributed by atoms with E-state index in [0.717, 1.165) is 34.6 Å². The molecule has 1 aliphatic heterocycles. The summed E-state index contributed by atoms with van der Waals surface area (Å²) in [6.07, 6.45) is 1.67. The molecule has 5 nitrogen and oxygen atoms in total. The number of nitrogens with one attached hydrogen (secondary N) is 2. The first-order valence-electron chi connectivity index (χ1n) is 9.26. The number of carbonyl (C=O) groups is 1. The predicted octanol–water partition coefficient (Wildman–Crippen LogP) is 3.59. The van der Waals surface area contributed by atoms with Crippen molar-refractivity contribution in [3.8, 4) is 11.5 Å². The molecule has 2 N–H and O–H groups in total. The Labute approximate surface area is 158 Å². The van der Waals surface area contributed by atoms with Gasteiger partial charge in [0.05, 0.1) is 6.61 Å². The Morgan fingerprint density at radius 3 is 2.78 bits per heavy atom. The number of benzene rings is 2. The van der Waals surface area contributed by atoms with Gasteiger partial charge >= 0.3 is 6.03 Å². The summed E-state index contributed by atoms with van der Waals surface area (Å²) in [5, 5.41) is 5.66. The van der Waals surface area contributed by atoms with Gasteiger partial charge in [0.1, 0.15) is 23.4 Å². The zero-order valence-electron chi connectivity index (χ0n) is 15.7. The number of carbonyl (C=O) groups excluding carboxylic acids is 1. The molecular weight excluding hydrogens is 347 g/mol. The van der Waals surface area contributed by atoms with E-state index in [1.54, 1.807) is 12.1 Å². The van der Waals surface area contributed by atoms with Crippen LogP contribution in [-0.4, -0.2) is 25.3 Å². The Balaban J connectivity index is 1.52. The summed E-state index contributed by atoms with van der Waals surface area (Å²) >= 11 is 0. The molecule has 1 heterocycles. The molecule has 1 aliphatic rings. The molecule has 1 unspecified atom stereocenters. The largest absolute Gasteiger partial charge is 0.494 e. The lowest BCUT2D eigenvalue weighted by atomic mass is 10.1. The van der Waals surface area contributed by atoms with E-state index in [2.05, 4.69) is 10.6 Å². The van der Waals surface area contributed by atoms with Gasteiger partial charge in [0.15, 0.2) is 0 Å². The fourth-order valence-electron chi connectivity index (χ4n) is 3.12. The third-order valence-electron chi connectivity index (χ3n) is 4.43. The van der Waals surface area contributed by atoms with Crippen molar-refractivity contribution in [1.82, 2.24) is 10.6 Å². The van der Waals surface area contributed by atoms with Gasteiger partial charge in [-0.15, -0.1) is 0 Å². The lowest BCUT2D eigenvalue weighted by Crippen LogP contribution is -2.36. The van der Waals surface area contributed by atoms with Gasteiger partial charge in [-0.25, -0.2) is 9.18 Å². The zero-order chi connectivity index (χ0) is 19.2. The Kier molecular flexibility index (Phi) is 6.16. The molecule has 2 amide bonds. The van der Waals surface area contributed by atoms with Crippen LogP contribution in [0.4, 0.5) is 9.18 Å². The lowest BCUT2D eigenvalue weighted by Gasteiger charge is -2.14. The number of ether oxygens (including phenoxy) is 2. The van der Waals surface area contributed by atoms with Crippen molar-refractivity contribution in [1.29, 1.82) is 0 Å². The van der Waals surface area contributed by atoms with E-state index in [1.807, 2.05) is 26.0 Å². The topological polar surface area (TPSA) is 59.6 Å². The third kappa shape index (κ3) is 5.12. The van der Waals surface area contributed by atoms with E-state index in [0.29, 0.717) is 26.1 Å². The van der Waals surface area contributed by atoms with Gasteiger partial charge in [-0.3, -0.25) is 0 Å². The second-order valence-corrected chi connectivity index (χ2v) is 6.62. The highest BCUT2D eigenvalue weighted by Gasteiger charge is 2.22. The van der Waals surface area contributed by atoms with Gasteiger partial charge in [0.25, 0.3) is 0 Å². The molecule has 27 heavy (non-hydrogen) atoms. The highest BCUT2D eigenvalue weighted by atomic mass is 19.1. The van der Waals surface area contributed by atoms with Crippen LogP contribution in [0.1, 0.15) is 30.5 Å². The lowest BCUT2D eigenvalue weighted by molar-refractivity contribution is 0.240. The first-order chi connectivity index (χ1) is 13.0. The van der Waals surface area contributed by atoms with E-state index in [4.69, 9.17) is 9.47 Å². The quantitative estimate of drug-likeness (QED) is 0.781. The van der Waals surface area contributed by atoms with Crippen LogP contribution < -0.4 is 20.1 Å². The van der Waals surface area contributed by atoms with Crippen LogP contribution in [0.25, 0.3) is 0 Å². The summed E-state index contributed by atoms with van der Waals surface area (Å²) in [6, 6.07) is 9.97. The van der Waals surface area contributed by atoms with Gasteiger partial charge < -0.3 is 20.1 Å². The SMILES string of the molecule is CCOc1cc2c(cc1CNC(=O)NCCc1ccc(F)cc1)OC(C)C2. The molecule has 6 heteroatoms. The fourth-order valence-corrected chi connectivity index (χ4v) is 3.12. The van der Waals surface area contributed by atoms with Gasteiger partial charge in [-0.05, 0) is 50.1 Å². The maximum atomic E-state index is 12.9. The van der Waals surface area contributed by atoms with E-state index in [1.165, 1.54) is 12.1 Å². The number of hydrogen-bond acceptors (Lipinski definition) is 3. The molecule has 0 spiro atoms. The maximum Gasteiger partial charge on any atom is 0.315 e. The second kappa shape index (κ2) is 8.75. The summed E-state index contributed by atoms with van der Waals surface area (Å²) in [5.41, 5.74) is 3.00. The van der Waals surface area contributed by atoms with Gasteiger partial charge in [-0.2, -0.15) is 0 Å². The van der Waals surface area contributed by atoms with Gasteiger partial charge in [0, 0.05) is 30.6 Å². The van der Waals surface area contributed by atoms with Crippen molar-refractivity contribution < 1.29 is 18.7 Å². The first-order valence-corrected chi connectivity index (χ1v) is 9.26. The van der Waals surface area contributed by atoms with Crippen molar-refractivity contribution in [2.24, 2.45) is 0 Å². The van der Waals surface area contributed by atoms with Crippen LogP contribution in [0, 0.1) is 5.82 Å². The molecule has 0 saturated heterocycles. The minimum Gasteiger partial charge on any atom is -0.494 e. The molecule has 0 fully saturated rings. The Morgan fingerprint density at radius 2 is 2.04 bits per heavy atom. The number of hydrogen-bond donors (Lipinski definition) is 2. The zero-order valence-corrected chi connectivity index (χ0v) is 15.7.